The maximum absolute atomic E-state index is 5.81. The fraction of sp³-hybridized carbons (Fsp3) is 0.478. The summed E-state index contributed by atoms with van der Waals surface area (Å²) >= 11 is 3.40. The van der Waals surface area contributed by atoms with Crippen LogP contribution in [0, 0.1) is 11.8 Å². The van der Waals surface area contributed by atoms with Crippen molar-refractivity contribution >= 4 is 15.9 Å². The molecular formula is C23H31BrO4. The van der Waals surface area contributed by atoms with Crippen LogP contribution < -0.4 is 18.9 Å². The predicted octanol–water partition coefficient (Wildman–Crippen LogP) is 5.54. The van der Waals surface area contributed by atoms with Crippen molar-refractivity contribution in [1.82, 2.24) is 0 Å². The van der Waals surface area contributed by atoms with E-state index in [0.717, 1.165) is 41.2 Å². The Kier molecular flexibility index (Phi) is 8.97. The molecule has 0 aliphatic heterocycles. The molecule has 0 spiro atoms. The van der Waals surface area contributed by atoms with E-state index in [9.17, 15) is 0 Å². The van der Waals surface area contributed by atoms with Crippen LogP contribution in [0.2, 0.25) is 0 Å². The van der Waals surface area contributed by atoms with Crippen LogP contribution in [0.1, 0.15) is 25.0 Å². The maximum atomic E-state index is 5.81. The van der Waals surface area contributed by atoms with Crippen molar-refractivity contribution in [3.8, 4) is 23.0 Å². The summed E-state index contributed by atoms with van der Waals surface area (Å²) in [7, 11) is 5.00. The number of halogens is 1. The zero-order chi connectivity index (χ0) is 20.5. The minimum Gasteiger partial charge on any atom is -0.493 e. The van der Waals surface area contributed by atoms with Crippen LogP contribution >= 0.6 is 15.9 Å². The topological polar surface area (TPSA) is 36.9 Å². The standard InChI is InChI=1S/C23H31BrO4/c1-16(12-18-6-8-20(25-3)22(14-18)27-5)17(2)13-19-7-9-21(26-4)23(15-19)28-11-10-24/h6-9,14-17H,10-13H2,1-5H3/t16-,17+/m0/s1. The van der Waals surface area contributed by atoms with Crippen LogP contribution in [0.15, 0.2) is 36.4 Å². The van der Waals surface area contributed by atoms with Gasteiger partial charge >= 0.3 is 0 Å². The van der Waals surface area contributed by atoms with Gasteiger partial charge in [-0.1, -0.05) is 41.9 Å². The van der Waals surface area contributed by atoms with Gasteiger partial charge in [0.2, 0.25) is 0 Å². The molecule has 5 heteroatoms. The van der Waals surface area contributed by atoms with Gasteiger partial charge in [-0.15, -0.1) is 0 Å². The molecule has 0 heterocycles. The van der Waals surface area contributed by atoms with Crippen LogP contribution in [0.25, 0.3) is 0 Å². The fourth-order valence-corrected chi connectivity index (χ4v) is 3.42. The molecule has 0 fully saturated rings. The summed E-state index contributed by atoms with van der Waals surface area (Å²) in [5, 5.41) is 0.791. The summed E-state index contributed by atoms with van der Waals surface area (Å²) < 4.78 is 22.0. The molecule has 0 aromatic heterocycles. The van der Waals surface area contributed by atoms with Gasteiger partial charge in [0.15, 0.2) is 23.0 Å². The number of rotatable bonds is 11. The Morgan fingerprint density at radius 2 is 1.18 bits per heavy atom. The number of methoxy groups -OCH3 is 3. The zero-order valence-corrected chi connectivity index (χ0v) is 19.0. The van der Waals surface area contributed by atoms with Crippen molar-refractivity contribution in [2.45, 2.75) is 26.7 Å². The number of benzene rings is 2. The number of hydrogen-bond donors (Lipinski definition) is 0. The average Bonchev–Trinajstić information content (AvgIpc) is 2.72. The van der Waals surface area contributed by atoms with Crippen LogP contribution in [0.3, 0.4) is 0 Å². The molecular weight excluding hydrogens is 420 g/mol. The molecule has 0 radical (unpaired) electrons. The smallest absolute Gasteiger partial charge is 0.161 e. The van der Waals surface area contributed by atoms with E-state index in [4.69, 9.17) is 18.9 Å². The molecule has 0 aliphatic rings. The van der Waals surface area contributed by atoms with E-state index < -0.39 is 0 Å². The second kappa shape index (κ2) is 11.2. The Morgan fingerprint density at radius 3 is 1.64 bits per heavy atom. The van der Waals surface area contributed by atoms with Gasteiger partial charge in [0.05, 0.1) is 27.9 Å². The highest BCUT2D eigenvalue weighted by Gasteiger charge is 2.16. The van der Waals surface area contributed by atoms with Crippen LogP contribution in [-0.4, -0.2) is 33.3 Å². The van der Waals surface area contributed by atoms with Gasteiger partial charge in [0, 0.05) is 5.33 Å². The monoisotopic (exact) mass is 450 g/mol. The highest BCUT2D eigenvalue weighted by atomic mass is 79.9. The van der Waals surface area contributed by atoms with Crippen molar-refractivity contribution in [3.63, 3.8) is 0 Å². The molecule has 0 amide bonds. The Bertz CT molecular complexity index is 747. The highest BCUT2D eigenvalue weighted by Crippen LogP contribution is 2.32. The molecule has 0 unspecified atom stereocenters. The molecule has 0 saturated heterocycles. The van der Waals surface area contributed by atoms with E-state index in [-0.39, 0.29) is 0 Å². The largest absolute Gasteiger partial charge is 0.493 e. The molecule has 4 nitrogen and oxygen atoms in total. The third-order valence-corrected chi connectivity index (χ3v) is 5.42. The molecule has 0 aliphatic carbocycles. The first-order valence-corrected chi connectivity index (χ1v) is 10.7. The first-order valence-electron chi connectivity index (χ1n) is 9.58. The second-order valence-corrected chi connectivity index (χ2v) is 7.87. The molecule has 154 valence electrons. The predicted molar refractivity (Wildman–Crippen MR) is 118 cm³/mol. The Labute approximate surface area is 177 Å². The Balaban J connectivity index is 2.04. The second-order valence-electron chi connectivity index (χ2n) is 7.07. The minimum atomic E-state index is 0.519. The van der Waals surface area contributed by atoms with Gasteiger partial charge in [-0.3, -0.25) is 0 Å². The normalized spacial score (nSPS) is 12.9. The van der Waals surface area contributed by atoms with Crippen molar-refractivity contribution < 1.29 is 18.9 Å². The van der Waals surface area contributed by atoms with E-state index in [0.29, 0.717) is 18.4 Å². The average molecular weight is 451 g/mol. The third-order valence-electron chi connectivity index (χ3n) is 5.10. The molecule has 0 bridgehead atoms. The number of ether oxygens (including phenoxy) is 4. The highest BCUT2D eigenvalue weighted by molar-refractivity contribution is 9.09. The van der Waals surface area contributed by atoms with E-state index >= 15 is 0 Å². The summed E-state index contributed by atoms with van der Waals surface area (Å²) in [6.07, 6.45) is 1.98. The van der Waals surface area contributed by atoms with E-state index in [1.54, 1.807) is 21.3 Å². The molecule has 2 atom stereocenters. The van der Waals surface area contributed by atoms with Gasteiger partial charge in [0.1, 0.15) is 0 Å². The van der Waals surface area contributed by atoms with Crippen molar-refractivity contribution in [1.29, 1.82) is 0 Å². The van der Waals surface area contributed by atoms with E-state index in [1.165, 1.54) is 11.1 Å². The molecule has 0 N–H and O–H groups in total. The van der Waals surface area contributed by atoms with Gasteiger partial charge in [0.25, 0.3) is 0 Å². The molecule has 2 rings (SSSR count). The van der Waals surface area contributed by atoms with Gasteiger partial charge in [-0.05, 0) is 60.1 Å². The molecule has 2 aromatic rings. The van der Waals surface area contributed by atoms with Crippen LogP contribution in [0.5, 0.6) is 23.0 Å². The Hall–Kier alpha value is -1.88. The first-order chi connectivity index (χ1) is 13.5. The lowest BCUT2D eigenvalue weighted by Crippen LogP contribution is -2.14. The summed E-state index contributed by atoms with van der Waals surface area (Å²) in [4.78, 5) is 0. The lowest BCUT2D eigenvalue weighted by atomic mass is 9.85. The lowest BCUT2D eigenvalue weighted by Gasteiger charge is -2.21. The quantitative estimate of drug-likeness (QED) is 0.420. The Morgan fingerprint density at radius 1 is 0.714 bits per heavy atom. The summed E-state index contributed by atoms with van der Waals surface area (Å²) in [6.45, 7) is 5.22. The van der Waals surface area contributed by atoms with Crippen molar-refractivity contribution in [3.05, 3.63) is 47.5 Å². The summed E-state index contributed by atoms with van der Waals surface area (Å²) in [5.41, 5.74) is 2.52. The van der Waals surface area contributed by atoms with Gasteiger partial charge in [-0.25, -0.2) is 0 Å². The number of alkyl halides is 1. The van der Waals surface area contributed by atoms with Gasteiger partial charge in [-0.2, -0.15) is 0 Å². The third kappa shape index (κ3) is 6.06. The van der Waals surface area contributed by atoms with Gasteiger partial charge < -0.3 is 18.9 Å². The van der Waals surface area contributed by atoms with E-state index in [2.05, 4.69) is 54.0 Å². The SMILES string of the molecule is COc1ccc(C[C@H](C)[C@H](C)Cc2ccc(OC)c(OCCBr)c2)cc1OC. The molecule has 28 heavy (non-hydrogen) atoms. The number of hydrogen-bond acceptors (Lipinski definition) is 4. The zero-order valence-electron chi connectivity index (χ0n) is 17.5. The fourth-order valence-electron chi connectivity index (χ4n) is 3.26. The maximum Gasteiger partial charge on any atom is 0.161 e. The minimum absolute atomic E-state index is 0.519. The lowest BCUT2D eigenvalue weighted by molar-refractivity contribution is 0.313. The first kappa shape index (κ1) is 22.4. The molecule has 2 aromatic carbocycles. The van der Waals surface area contributed by atoms with Crippen molar-refractivity contribution in [2.75, 3.05) is 33.3 Å². The van der Waals surface area contributed by atoms with E-state index in [1.807, 2.05) is 12.1 Å². The summed E-state index contributed by atoms with van der Waals surface area (Å²) in [5.74, 6) is 4.16. The van der Waals surface area contributed by atoms with Crippen molar-refractivity contribution in [2.24, 2.45) is 11.8 Å². The summed E-state index contributed by atoms with van der Waals surface area (Å²) in [6, 6.07) is 12.4. The molecule has 0 saturated carbocycles. The van der Waals surface area contributed by atoms with Crippen LogP contribution in [-0.2, 0) is 12.8 Å². The van der Waals surface area contributed by atoms with Crippen LogP contribution in [0.4, 0.5) is 0 Å².